The maximum atomic E-state index is 11.4. The van der Waals surface area contributed by atoms with E-state index in [9.17, 15) is 4.79 Å². The summed E-state index contributed by atoms with van der Waals surface area (Å²) < 4.78 is 4.70. The Labute approximate surface area is 111 Å². The number of ether oxygens (including phenoxy) is 1. The molecule has 0 saturated carbocycles. The van der Waals surface area contributed by atoms with Crippen molar-refractivity contribution < 1.29 is 9.53 Å². The van der Waals surface area contributed by atoms with Crippen molar-refractivity contribution in [2.45, 2.75) is 45.6 Å². The number of hydrogen-bond donors (Lipinski definition) is 1. The lowest BCUT2D eigenvalue weighted by Crippen LogP contribution is -2.45. The molecule has 3 unspecified atom stereocenters. The van der Waals surface area contributed by atoms with Crippen molar-refractivity contribution in [3.63, 3.8) is 0 Å². The largest absolute Gasteiger partial charge is 0.468 e. The maximum absolute atomic E-state index is 11.4. The SMILES string of the molecule is COC(=O)C(C)(N)CCCCN1CC(C)C(C)C1. The van der Waals surface area contributed by atoms with Gasteiger partial charge in [-0.05, 0) is 44.6 Å². The molecule has 106 valence electrons. The number of methoxy groups -OCH3 is 1. The highest BCUT2D eigenvalue weighted by Crippen LogP contribution is 2.22. The van der Waals surface area contributed by atoms with Gasteiger partial charge in [0.25, 0.3) is 0 Å². The summed E-state index contributed by atoms with van der Waals surface area (Å²) in [6, 6.07) is 0. The molecule has 3 atom stereocenters. The third kappa shape index (κ3) is 4.25. The van der Waals surface area contributed by atoms with Crippen molar-refractivity contribution in [3.8, 4) is 0 Å². The molecule has 0 aromatic carbocycles. The fourth-order valence-electron chi connectivity index (χ4n) is 2.59. The molecule has 1 aliphatic rings. The van der Waals surface area contributed by atoms with Gasteiger partial charge in [0.05, 0.1) is 7.11 Å². The lowest BCUT2D eigenvalue weighted by atomic mass is 9.96. The Bertz CT molecular complexity index is 269. The van der Waals surface area contributed by atoms with Gasteiger partial charge in [-0.1, -0.05) is 13.8 Å². The summed E-state index contributed by atoms with van der Waals surface area (Å²) in [4.78, 5) is 13.9. The van der Waals surface area contributed by atoms with Gasteiger partial charge in [-0.3, -0.25) is 4.79 Å². The first-order valence-corrected chi connectivity index (χ1v) is 6.96. The molecule has 18 heavy (non-hydrogen) atoms. The van der Waals surface area contributed by atoms with E-state index in [1.165, 1.54) is 20.2 Å². The van der Waals surface area contributed by atoms with Crippen LogP contribution in [-0.2, 0) is 9.53 Å². The normalized spacial score (nSPS) is 28.1. The average molecular weight is 256 g/mol. The van der Waals surface area contributed by atoms with E-state index in [1.807, 2.05) is 0 Å². The molecule has 0 aromatic heterocycles. The molecule has 1 fully saturated rings. The van der Waals surface area contributed by atoms with E-state index in [-0.39, 0.29) is 5.97 Å². The Morgan fingerprint density at radius 2 is 1.89 bits per heavy atom. The second kappa shape index (κ2) is 6.53. The van der Waals surface area contributed by atoms with Gasteiger partial charge in [-0.25, -0.2) is 0 Å². The van der Waals surface area contributed by atoms with Gasteiger partial charge in [0, 0.05) is 13.1 Å². The summed E-state index contributed by atoms with van der Waals surface area (Å²) in [5.41, 5.74) is 5.09. The van der Waals surface area contributed by atoms with Gasteiger partial charge in [0.15, 0.2) is 0 Å². The fourth-order valence-corrected chi connectivity index (χ4v) is 2.59. The van der Waals surface area contributed by atoms with Crippen LogP contribution in [0.25, 0.3) is 0 Å². The number of hydrogen-bond acceptors (Lipinski definition) is 4. The number of esters is 1. The number of nitrogens with zero attached hydrogens (tertiary/aromatic N) is 1. The van der Waals surface area contributed by atoms with Crippen LogP contribution in [0.1, 0.15) is 40.0 Å². The molecule has 1 saturated heterocycles. The molecule has 0 bridgehead atoms. The fraction of sp³-hybridized carbons (Fsp3) is 0.929. The number of carbonyl (C=O) groups excluding carboxylic acids is 1. The van der Waals surface area contributed by atoms with E-state index < -0.39 is 5.54 Å². The summed E-state index contributed by atoms with van der Waals surface area (Å²) in [7, 11) is 1.39. The van der Waals surface area contributed by atoms with Crippen molar-refractivity contribution in [2.24, 2.45) is 17.6 Å². The van der Waals surface area contributed by atoms with Crippen LogP contribution in [0.2, 0.25) is 0 Å². The minimum absolute atomic E-state index is 0.314. The molecule has 4 heteroatoms. The van der Waals surface area contributed by atoms with Crippen LogP contribution in [0, 0.1) is 11.8 Å². The van der Waals surface area contributed by atoms with Gasteiger partial charge in [0.2, 0.25) is 0 Å². The van der Waals surface area contributed by atoms with Crippen LogP contribution in [0.3, 0.4) is 0 Å². The number of carbonyl (C=O) groups is 1. The molecule has 2 N–H and O–H groups in total. The predicted octanol–water partition coefficient (Wildman–Crippen LogP) is 1.63. The standard InChI is InChI=1S/C14H28N2O2/c1-11-9-16(10-12(11)2)8-6-5-7-14(3,15)13(17)18-4/h11-12H,5-10,15H2,1-4H3. The second-order valence-electron chi connectivity index (χ2n) is 6.08. The zero-order valence-electron chi connectivity index (χ0n) is 12.2. The maximum Gasteiger partial charge on any atom is 0.325 e. The Morgan fingerprint density at radius 3 is 2.39 bits per heavy atom. The third-order valence-electron chi connectivity index (χ3n) is 4.14. The highest BCUT2D eigenvalue weighted by atomic mass is 16.5. The number of nitrogens with two attached hydrogens (primary N) is 1. The van der Waals surface area contributed by atoms with Gasteiger partial charge >= 0.3 is 5.97 Å². The monoisotopic (exact) mass is 256 g/mol. The van der Waals surface area contributed by atoms with Crippen molar-refractivity contribution >= 4 is 5.97 Å². The Hall–Kier alpha value is -0.610. The summed E-state index contributed by atoms with van der Waals surface area (Å²) in [6.45, 7) is 9.92. The highest BCUT2D eigenvalue weighted by Gasteiger charge is 2.29. The molecule has 0 amide bonds. The first-order chi connectivity index (χ1) is 8.36. The molecule has 1 rings (SSSR count). The van der Waals surface area contributed by atoms with Crippen LogP contribution in [-0.4, -0.2) is 43.2 Å². The van der Waals surface area contributed by atoms with Crippen molar-refractivity contribution in [1.29, 1.82) is 0 Å². The molecule has 4 nitrogen and oxygen atoms in total. The van der Waals surface area contributed by atoms with Crippen molar-refractivity contribution in [3.05, 3.63) is 0 Å². The van der Waals surface area contributed by atoms with E-state index in [4.69, 9.17) is 10.5 Å². The van der Waals surface area contributed by atoms with E-state index >= 15 is 0 Å². The van der Waals surface area contributed by atoms with Crippen molar-refractivity contribution in [1.82, 2.24) is 4.90 Å². The average Bonchev–Trinajstić information content (AvgIpc) is 2.63. The quantitative estimate of drug-likeness (QED) is 0.580. The molecule has 0 aromatic rings. The zero-order chi connectivity index (χ0) is 13.8. The molecule has 1 heterocycles. The summed E-state index contributed by atoms with van der Waals surface area (Å²) in [6.07, 6.45) is 2.77. The number of rotatable bonds is 6. The van der Waals surface area contributed by atoms with Gasteiger partial charge in [-0.2, -0.15) is 0 Å². The highest BCUT2D eigenvalue weighted by molar-refractivity contribution is 5.79. The number of likely N-dealkylation sites (tertiary alicyclic amines) is 1. The third-order valence-corrected chi connectivity index (χ3v) is 4.14. The lowest BCUT2D eigenvalue weighted by molar-refractivity contribution is -0.146. The van der Waals surface area contributed by atoms with Gasteiger partial charge in [-0.15, -0.1) is 0 Å². The minimum Gasteiger partial charge on any atom is -0.468 e. The van der Waals surface area contributed by atoms with E-state index in [0.717, 1.165) is 31.2 Å². The Balaban J connectivity index is 2.18. The smallest absolute Gasteiger partial charge is 0.325 e. The molecule has 0 spiro atoms. The minimum atomic E-state index is -0.833. The van der Waals surface area contributed by atoms with Gasteiger partial charge in [0.1, 0.15) is 5.54 Å². The molecular weight excluding hydrogens is 228 g/mol. The number of unbranched alkanes of at least 4 members (excludes halogenated alkanes) is 1. The van der Waals surface area contributed by atoms with Crippen LogP contribution >= 0.6 is 0 Å². The van der Waals surface area contributed by atoms with E-state index in [2.05, 4.69) is 18.7 Å². The zero-order valence-corrected chi connectivity index (χ0v) is 12.2. The lowest BCUT2D eigenvalue weighted by Gasteiger charge is -2.22. The van der Waals surface area contributed by atoms with E-state index in [0.29, 0.717) is 6.42 Å². The summed E-state index contributed by atoms with van der Waals surface area (Å²) >= 11 is 0. The van der Waals surface area contributed by atoms with E-state index in [1.54, 1.807) is 6.92 Å². The first kappa shape index (κ1) is 15.4. The Kier molecular flexibility index (Phi) is 5.60. The summed E-state index contributed by atoms with van der Waals surface area (Å²) in [5, 5.41) is 0. The second-order valence-corrected chi connectivity index (χ2v) is 6.08. The van der Waals surface area contributed by atoms with Crippen LogP contribution in [0.4, 0.5) is 0 Å². The Morgan fingerprint density at radius 1 is 1.33 bits per heavy atom. The van der Waals surface area contributed by atoms with Crippen LogP contribution in [0.5, 0.6) is 0 Å². The van der Waals surface area contributed by atoms with Crippen LogP contribution in [0.15, 0.2) is 0 Å². The van der Waals surface area contributed by atoms with Crippen molar-refractivity contribution in [2.75, 3.05) is 26.7 Å². The summed E-state index contributed by atoms with van der Waals surface area (Å²) in [5.74, 6) is 1.30. The first-order valence-electron chi connectivity index (χ1n) is 6.96. The molecule has 0 radical (unpaired) electrons. The van der Waals surface area contributed by atoms with Crippen LogP contribution < -0.4 is 5.73 Å². The van der Waals surface area contributed by atoms with Gasteiger partial charge < -0.3 is 15.4 Å². The molecular formula is C14H28N2O2. The predicted molar refractivity (Wildman–Crippen MR) is 73.2 cm³/mol. The molecule has 0 aliphatic carbocycles. The topological polar surface area (TPSA) is 55.6 Å². The molecule has 1 aliphatic heterocycles.